The second-order valence-electron chi connectivity index (χ2n) is 8.05. The van der Waals surface area contributed by atoms with Crippen LogP contribution in [0.1, 0.15) is 32.6 Å². The van der Waals surface area contributed by atoms with Crippen molar-refractivity contribution in [1.29, 1.82) is 0 Å². The number of fused-ring (bicyclic) bond motifs is 1. The van der Waals surface area contributed by atoms with Crippen LogP contribution in [0, 0.1) is 13.8 Å². The Balaban J connectivity index is 1.42. The van der Waals surface area contributed by atoms with Crippen molar-refractivity contribution in [3.63, 3.8) is 0 Å². The number of hydrazone groups is 1. The highest BCUT2D eigenvalue weighted by Gasteiger charge is 2.19. The molecular weight excluding hydrogens is 454 g/mol. The molecule has 3 aromatic carbocycles. The standard InChI is InChI=1S/C25H25N3O5S/c1-17-4-10-22(12-18(17)2)28(34(3,30)31)15-19-5-8-21(9-6-19)25(29)27-26-14-20-7-11-23-24(13-20)33-16-32-23/h4-14H,15-16H2,1-3H3,(H,27,29)/b26-14-. The lowest BCUT2D eigenvalue weighted by molar-refractivity contribution is 0.0955. The van der Waals surface area contributed by atoms with Crippen molar-refractivity contribution in [2.45, 2.75) is 20.4 Å². The quantitative estimate of drug-likeness (QED) is 0.411. The predicted octanol–water partition coefficient (Wildman–Crippen LogP) is 3.76. The van der Waals surface area contributed by atoms with Gasteiger partial charge in [-0.3, -0.25) is 9.10 Å². The summed E-state index contributed by atoms with van der Waals surface area (Å²) in [5.41, 5.74) is 7.11. The minimum absolute atomic E-state index is 0.158. The van der Waals surface area contributed by atoms with E-state index in [4.69, 9.17) is 9.47 Å². The molecule has 1 heterocycles. The summed E-state index contributed by atoms with van der Waals surface area (Å²) in [6, 6.07) is 17.7. The third kappa shape index (κ3) is 5.37. The Morgan fingerprint density at radius 2 is 1.74 bits per heavy atom. The molecular formula is C25H25N3O5S. The van der Waals surface area contributed by atoms with Gasteiger partial charge in [0.25, 0.3) is 5.91 Å². The normalized spacial score (nSPS) is 12.7. The fourth-order valence-corrected chi connectivity index (χ4v) is 4.31. The van der Waals surface area contributed by atoms with Crippen LogP contribution in [0.2, 0.25) is 0 Å². The fourth-order valence-electron chi connectivity index (χ4n) is 3.43. The van der Waals surface area contributed by atoms with E-state index < -0.39 is 10.0 Å². The summed E-state index contributed by atoms with van der Waals surface area (Å²) in [6.45, 7) is 4.27. The smallest absolute Gasteiger partial charge is 0.271 e. The molecule has 0 aromatic heterocycles. The third-order valence-electron chi connectivity index (χ3n) is 5.50. The maximum absolute atomic E-state index is 12.4. The SMILES string of the molecule is Cc1ccc(N(Cc2ccc(C(=O)N/N=C\c3ccc4c(c3)OCO4)cc2)S(C)(=O)=O)cc1C. The topological polar surface area (TPSA) is 97.3 Å². The molecule has 0 radical (unpaired) electrons. The van der Waals surface area contributed by atoms with E-state index in [9.17, 15) is 13.2 Å². The lowest BCUT2D eigenvalue weighted by atomic mass is 10.1. The Kier molecular flexibility index (Phi) is 6.56. The van der Waals surface area contributed by atoms with Crippen LogP contribution in [0.4, 0.5) is 5.69 Å². The zero-order chi connectivity index (χ0) is 24.3. The molecule has 0 saturated heterocycles. The van der Waals surface area contributed by atoms with Crippen molar-refractivity contribution in [1.82, 2.24) is 5.43 Å². The Morgan fingerprint density at radius 1 is 1.00 bits per heavy atom. The molecule has 4 rings (SSSR count). The number of amides is 1. The van der Waals surface area contributed by atoms with E-state index in [-0.39, 0.29) is 19.2 Å². The first-order valence-electron chi connectivity index (χ1n) is 10.6. The average Bonchev–Trinajstić information content (AvgIpc) is 3.27. The zero-order valence-corrected chi connectivity index (χ0v) is 19.9. The van der Waals surface area contributed by atoms with E-state index >= 15 is 0 Å². The van der Waals surface area contributed by atoms with Crippen molar-refractivity contribution in [3.8, 4) is 11.5 Å². The summed E-state index contributed by atoms with van der Waals surface area (Å²) in [6.07, 6.45) is 2.70. The number of anilines is 1. The Hall–Kier alpha value is -3.85. The number of carbonyl (C=O) groups excluding carboxylic acids is 1. The predicted molar refractivity (Wildman–Crippen MR) is 131 cm³/mol. The molecule has 34 heavy (non-hydrogen) atoms. The van der Waals surface area contributed by atoms with Gasteiger partial charge >= 0.3 is 0 Å². The van der Waals surface area contributed by atoms with Gasteiger partial charge in [-0.25, -0.2) is 13.8 Å². The number of sulfonamides is 1. The van der Waals surface area contributed by atoms with Gasteiger partial charge in [-0.2, -0.15) is 5.10 Å². The highest BCUT2D eigenvalue weighted by Crippen LogP contribution is 2.32. The van der Waals surface area contributed by atoms with Crippen molar-refractivity contribution in [3.05, 3.63) is 88.5 Å². The molecule has 1 amide bonds. The number of aryl methyl sites for hydroxylation is 2. The van der Waals surface area contributed by atoms with Gasteiger partial charge in [0.1, 0.15) is 0 Å². The molecule has 0 unspecified atom stereocenters. The van der Waals surface area contributed by atoms with Gasteiger partial charge in [-0.05, 0) is 78.6 Å². The monoisotopic (exact) mass is 479 g/mol. The summed E-state index contributed by atoms with van der Waals surface area (Å²) in [5, 5.41) is 3.99. The summed E-state index contributed by atoms with van der Waals surface area (Å²) in [7, 11) is -3.50. The number of carbonyl (C=O) groups is 1. The molecule has 1 aliphatic heterocycles. The average molecular weight is 480 g/mol. The van der Waals surface area contributed by atoms with E-state index in [0.717, 1.165) is 22.3 Å². The molecule has 0 atom stereocenters. The van der Waals surface area contributed by atoms with Crippen LogP contribution in [0.5, 0.6) is 11.5 Å². The third-order valence-corrected chi connectivity index (χ3v) is 6.64. The van der Waals surface area contributed by atoms with Crippen LogP contribution >= 0.6 is 0 Å². The van der Waals surface area contributed by atoms with Gasteiger partial charge in [-0.1, -0.05) is 18.2 Å². The van der Waals surface area contributed by atoms with Crippen molar-refractivity contribution >= 4 is 27.8 Å². The molecule has 8 nitrogen and oxygen atoms in total. The lowest BCUT2D eigenvalue weighted by Crippen LogP contribution is -2.29. The number of benzene rings is 3. The van der Waals surface area contributed by atoms with E-state index in [1.54, 1.807) is 48.5 Å². The molecule has 1 aliphatic rings. The second-order valence-corrected chi connectivity index (χ2v) is 9.95. The molecule has 3 aromatic rings. The largest absolute Gasteiger partial charge is 0.454 e. The van der Waals surface area contributed by atoms with Crippen molar-refractivity contribution in [2.24, 2.45) is 5.10 Å². The number of rotatable bonds is 7. The van der Waals surface area contributed by atoms with Crippen LogP contribution in [-0.2, 0) is 16.6 Å². The number of ether oxygens (including phenoxy) is 2. The number of hydrogen-bond acceptors (Lipinski definition) is 6. The molecule has 176 valence electrons. The van der Waals surface area contributed by atoms with Crippen LogP contribution in [0.3, 0.4) is 0 Å². The molecule has 0 saturated carbocycles. The van der Waals surface area contributed by atoms with Crippen LogP contribution in [0.15, 0.2) is 65.8 Å². The van der Waals surface area contributed by atoms with Gasteiger partial charge in [0.05, 0.1) is 24.7 Å². The summed E-state index contributed by atoms with van der Waals surface area (Å²) in [4.78, 5) is 12.4. The van der Waals surface area contributed by atoms with Gasteiger partial charge < -0.3 is 9.47 Å². The first-order valence-corrected chi connectivity index (χ1v) is 12.4. The summed E-state index contributed by atoms with van der Waals surface area (Å²) < 4.78 is 36.8. The summed E-state index contributed by atoms with van der Waals surface area (Å²) in [5.74, 6) is 0.931. The number of nitrogens with one attached hydrogen (secondary N) is 1. The van der Waals surface area contributed by atoms with Crippen molar-refractivity contribution < 1.29 is 22.7 Å². The Bertz CT molecular complexity index is 1350. The van der Waals surface area contributed by atoms with Gasteiger partial charge in [0.2, 0.25) is 16.8 Å². The van der Waals surface area contributed by atoms with Crippen LogP contribution in [0.25, 0.3) is 0 Å². The minimum atomic E-state index is -3.50. The number of hydrogen-bond donors (Lipinski definition) is 1. The maximum atomic E-state index is 12.4. The number of nitrogens with zero attached hydrogens (tertiary/aromatic N) is 2. The zero-order valence-electron chi connectivity index (χ0n) is 19.1. The molecule has 0 bridgehead atoms. The van der Waals surface area contributed by atoms with Crippen LogP contribution in [-0.4, -0.2) is 33.6 Å². The minimum Gasteiger partial charge on any atom is -0.454 e. The maximum Gasteiger partial charge on any atom is 0.271 e. The van der Waals surface area contributed by atoms with Crippen molar-refractivity contribution in [2.75, 3.05) is 17.4 Å². The summed E-state index contributed by atoms with van der Waals surface area (Å²) >= 11 is 0. The molecule has 1 N–H and O–H groups in total. The first kappa shape index (κ1) is 23.3. The lowest BCUT2D eigenvalue weighted by Gasteiger charge is -2.23. The second kappa shape index (κ2) is 9.56. The Morgan fingerprint density at radius 3 is 2.44 bits per heavy atom. The van der Waals surface area contributed by atoms with Gasteiger partial charge in [0.15, 0.2) is 11.5 Å². The first-order chi connectivity index (χ1) is 16.2. The van der Waals surface area contributed by atoms with Gasteiger partial charge in [-0.15, -0.1) is 0 Å². The van der Waals surface area contributed by atoms with Gasteiger partial charge in [0, 0.05) is 5.56 Å². The fraction of sp³-hybridized carbons (Fsp3) is 0.200. The molecule has 0 spiro atoms. The van der Waals surface area contributed by atoms with Crippen LogP contribution < -0.4 is 19.2 Å². The highest BCUT2D eigenvalue weighted by atomic mass is 32.2. The molecule has 0 aliphatic carbocycles. The molecule has 9 heteroatoms. The highest BCUT2D eigenvalue weighted by molar-refractivity contribution is 7.92. The van der Waals surface area contributed by atoms with E-state index in [0.29, 0.717) is 22.7 Å². The molecule has 0 fully saturated rings. The van der Waals surface area contributed by atoms with E-state index in [1.807, 2.05) is 26.0 Å². The Labute approximate surface area is 198 Å². The van der Waals surface area contributed by atoms with E-state index in [2.05, 4.69) is 10.5 Å². The van der Waals surface area contributed by atoms with E-state index in [1.165, 1.54) is 16.8 Å².